The lowest BCUT2D eigenvalue weighted by Crippen LogP contribution is -2.13. The summed E-state index contributed by atoms with van der Waals surface area (Å²) in [4.78, 5) is 18.8. The van der Waals surface area contributed by atoms with Crippen molar-refractivity contribution in [1.29, 1.82) is 5.26 Å². The lowest BCUT2D eigenvalue weighted by Gasteiger charge is -2.19. The number of thiophene rings is 1. The van der Waals surface area contributed by atoms with Gasteiger partial charge in [-0.15, -0.1) is 11.3 Å². The molecule has 5 rings (SSSR count). The third-order valence-corrected chi connectivity index (χ3v) is 7.31. The smallest absolute Gasteiger partial charge is 0.270 e. The van der Waals surface area contributed by atoms with Gasteiger partial charge in [0.15, 0.2) is 5.78 Å². The molecule has 0 aliphatic heterocycles. The Morgan fingerprint density at radius 1 is 1.07 bits per heavy atom. The first kappa shape index (κ1) is 18.3. The van der Waals surface area contributed by atoms with Crippen LogP contribution in [0, 0.1) is 17.9 Å². The third-order valence-electron chi connectivity index (χ3n) is 5.91. The van der Waals surface area contributed by atoms with E-state index in [1.165, 1.54) is 21.6 Å². The van der Waals surface area contributed by atoms with Crippen LogP contribution in [-0.4, -0.2) is 5.78 Å². The standard InChI is InChI=1S/C26H16N2OS/c1-26(2)21-11-7-6-8-16(21)19-12-15(30-25(19)26)13-20-23(22(14-27)28-3)17-9-4-5-10-18(17)24(20)29/h4-13H,1-2H3/b20-13-,23-22-. The molecule has 0 radical (unpaired) electrons. The molecule has 0 N–H and O–H groups in total. The second-order valence-electron chi connectivity index (χ2n) is 7.94. The predicted octanol–water partition coefficient (Wildman–Crippen LogP) is 6.49. The van der Waals surface area contributed by atoms with Crippen LogP contribution in [0.1, 0.15) is 45.1 Å². The highest BCUT2D eigenvalue weighted by Crippen LogP contribution is 2.53. The molecule has 0 saturated carbocycles. The molecular formula is C26H16N2OS. The number of carbonyl (C=O) groups is 1. The van der Waals surface area contributed by atoms with Crippen LogP contribution in [0.15, 0.2) is 65.9 Å². The molecule has 2 aromatic carbocycles. The Morgan fingerprint density at radius 2 is 1.73 bits per heavy atom. The number of hydrogen-bond acceptors (Lipinski definition) is 3. The topological polar surface area (TPSA) is 45.2 Å². The average molecular weight is 404 g/mol. The summed E-state index contributed by atoms with van der Waals surface area (Å²) in [6.07, 6.45) is 1.85. The molecule has 30 heavy (non-hydrogen) atoms. The molecule has 2 aliphatic carbocycles. The van der Waals surface area contributed by atoms with E-state index in [1.807, 2.05) is 24.3 Å². The molecule has 4 heteroatoms. The number of carbonyl (C=O) groups excluding carboxylic acids is 1. The van der Waals surface area contributed by atoms with E-state index in [0.29, 0.717) is 22.3 Å². The van der Waals surface area contributed by atoms with Gasteiger partial charge in [0.05, 0.1) is 12.6 Å². The second kappa shape index (κ2) is 6.39. The number of nitriles is 1. The Balaban J connectivity index is 1.71. The Bertz CT molecular complexity index is 1390. The quantitative estimate of drug-likeness (QED) is 0.264. The Labute approximate surface area is 179 Å². The lowest BCUT2D eigenvalue weighted by atomic mass is 9.87. The first-order valence-corrected chi connectivity index (χ1v) is 10.4. The highest BCUT2D eigenvalue weighted by molar-refractivity contribution is 7.13. The molecule has 2 aliphatic rings. The Morgan fingerprint density at radius 3 is 2.43 bits per heavy atom. The summed E-state index contributed by atoms with van der Waals surface area (Å²) in [6, 6.07) is 19.7. The van der Waals surface area contributed by atoms with Gasteiger partial charge in [-0.1, -0.05) is 62.4 Å². The minimum absolute atomic E-state index is 0.0469. The van der Waals surface area contributed by atoms with E-state index >= 15 is 0 Å². The van der Waals surface area contributed by atoms with Crippen molar-refractivity contribution in [1.82, 2.24) is 0 Å². The van der Waals surface area contributed by atoms with E-state index in [1.54, 1.807) is 29.5 Å². The van der Waals surface area contributed by atoms with Crippen molar-refractivity contribution in [2.45, 2.75) is 19.3 Å². The van der Waals surface area contributed by atoms with Crippen LogP contribution >= 0.6 is 11.3 Å². The lowest BCUT2D eigenvalue weighted by molar-refractivity contribution is 0.104. The summed E-state index contributed by atoms with van der Waals surface area (Å²) >= 11 is 1.67. The normalized spacial score (nSPS) is 18.4. The van der Waals surface area contributed by atoms with Gasteiger partial charge in [0.1, 0.15) is 0 Å². The molecule has 0 amide bonds. The van der Waals surface area contributed by atoms with Crippen molar-refractivity contribution in [2.75, 3.05) is 0 Å². The number of benzene rings is 2. The summed E-state index contributed by atoms with van der Waals surface area (Å²) in [6.45, 7) is 11.9. The van der Waals surface area contributed by atoms with Gasteiger partial charge in [0, 0.05) is 31.9 Å². The van der Waals surface area contributed by atoms with E-state index in [0.717, 1.165) is 4.88 Å². The summed E-state index contributed by atoms with van der Waals surface area (Å²) in [7, 11) is 0. The summed E-state index contributed by atoms with van der Waals surface area (Å²) in [5, 5.41) is 9.50. The summed E-state index contributed by atoms with van der Waals surface area (Å²) < 4.78 is 0. The van der Waals surface area contributed by atoms with Crippen molar-refractivity contribution in [3.63, 3.8) is 0 Å². The maximum absolute atomic E-state index is 13.1. The average Bonchev–Trinajstić information content (AvgIpc) is 3.36. The van der Waals surface area contributed by atoms with Gasteiger partial charge >= 0.3 is 0 Å². The van der Waals surface area contributed by atoms with E-state index in [4.69, 9.17) is 6.57 Å². The molecule has 0 spiro atoms. The van der Waals surface area contributed by atoms with E-state index in [2.05, 4.69) is 43.0 Å². The van der Waals surface area contributed by atoms with E-state index in [9.17, 15) is 10.1 Å². The van der Waals surface area contributed by atoms with Gasteiger partial charge in [-0.25, -0.2) is 10.1 Å². The van der Waals surface area contributed by atoms with Crippen LogP contribution in [-0.2, 0) is 5.41 Å². The van der Waals surface area contributed by atoms with Crippen molar-refractivity contribution < 1.29 is 4.79 Å². The fourth-order valence-electron chi connectivity index (χ4n) is 4.51. The van der Waals surface area contributed by atoms with Crippen molar-refractivity contribution >= 4 is 28.8 Å². The molecular weight excluding hydrogens is 388 g/mol. The Kier molecular flexibility index (Phi) is 3.90. The molecule has 0 unspecified atom stereocenters. The van der Waals surface area contributed by atoms with Crippen LogP contribution < -0.4 is 0 Å². The van der Waals surface area contributed by atoms with Gasteiger partial charge in [-0.05, 0) is 34.4 Å². The maximum Gasteiger partial charge on any atom is 0.270 e. The minimum Gasteiger partial charge on any atom is -0.289 e. The van der Waals surface area contributed by atoms with Gasteiger partial charge in [0.2, 0.25) is 0 Å². The van der Waals surface area contributed by atoms with Gasteiger partial charge in [-0.3, -0.25) is 4.79 Å². The summed E-state index contributed by atoms with van der Waals surface area (Å²) in [5.74, 6) is -0.134. The number of allylic oxidation sites excluding steroid dienone is 3. The molecule has 0 saturated heterocycles. The first-order chi connectivity index (χ1) is 14.5. The summed E-state index contributed by atoms with van der Waals surface area (Å²) in [5.41, 5.74) is 5.69. The molecule has 3 nitrogen and oxygen atoms in total. The van der Waals surface area contributed by atoms with Gasteiger partial charge in [-0.2, -0.15) is 0 Å². The fourth-order valence-corrected chi connectivity index (χ4v) is 5.74. The third kappa shape index (κ3) is 2.38. The van der Waals surface area contributed by atoms with Crippen molar-refractivity contribution in [3.8, 4) is 17.2 Å². The number of fused-ring (bicyclic) bond motifs is 4. The molecule has 0 bridgehead atoms. The predicted molar refractivity (Wildman–Crippen MR) is 120 cm³/mol. The SMILES string of the molecule is [C-]#[N+]/C(C#N)=C1\C(=C\c2cc3c(s2)C(C)(C)c2ccccc2-3)C(=O)c2ccccc21. The molecule has 0 fully saturated rings. The van der Waals surface area contributed by atoms with Crippen LogP contribution in [0.25, 0.3) is 27.6 Å². The monoisotopic (exact) mass is 404 g/mol. The van der Waals surface area contributed by atoms with Crippen LogP contribution in [0.5, 0.6) is 0 Å². The number of hydrogen-bond donors (Lipinski definition) is 0. The molecule has 1 heterocycles. The number of Topliss-reactive ketones (excluding diaryl/α,β-unsaturated/α-hetero) is 1. The van der Waals surface area contributed by atoms with Crippen molar-refractivity contribution in [3.05, 3.63) is 104 Å². The van der Waals surface area contributed by atoms with Crippen LogP contribution in [0.2, 0.25) is 0 Å². The number of ketones is 1. The zero-order valence-electron chi connectivity index (χ0n) is 16.5. The largest absolute Gasteiger partial charge is 0.289 e. The van der Waals surface area contributed by atoms with Crippen LogP contribution in [0.4, 0.5) is 0 Å². The highest BCUT2D eigenvalue weighted by Gasteiger charge is 2.38. The fraction of sp³-hybridized carbons (Fsp3) is 0.115. The number of rotatable bonds is 1. The van der Waals surface area contributed by atoms with Gasteiger partial charge in [0.25, 0.3) is 5.70 Å². The zero-order chi connectivity index (χ0) is 21.0. The van der Waals surface area contributed by atoms with E-state index in [-0.39, 0.29) is 16.9 Å². The van der Waals surface area contributed by atoms with E-state index < -0.39 is 0 Å². The number of nitrogens with zero attached hydrogens (tertiary/aromatic N) is 2. The highest BCUT2D eigenvalue weighted by atomic mass is 32.1. The Hall–Kier alpha value is -3.73. The second-order valence-corrected chi connectivity index (χ2v) is 9.03. The molecule has 3 aromatic rings. The zero-order valence-corrected chi connectivity index (χ0v) is 17.3. The molecule has 142 valence electrons. The maximum atomic E-state index is 13.1. The molecule has 1 aromatic heterocycles. The first-order valence-electron chi connectivity index (χ1n) is 9.59. The van der Waals surface area contributed by atoms with Crippen molar-refractivity contribution in [2.24, 2.45) is 0 Å². The van der Waals surface area contributed by atoms with Gasteiger partial charge < -0.3 is 0 Å². The minimum atomic E-state index is -0.134. The molecule has 0 atom stereocenters. The van der Waals surface area contributed by atoms with Crippen LogP contribution in [0.3, 0.4) is 0 Å².